The molecule has 2 atom stereocenters. The van der Waals surface area contributed by atoms with Gasteiger partial charge in [-0.3, -0.25) is 9.59 Å². The van der Waals surface area contributed by atoms with Crippen molar-refractivity contribution >= 4 is 21.9 Å². The summed E-state index contributed by atoms with van der Waals surface area (Å²) in [5, 5.41) is 9.21. The van der Waals surface area contributed by atoms with Crippen LogP contribution in [0.2, 0.25) is 0 Å². The Kier molecular flexibility index (Phi) is 5.84. The summed E-state index contributed by atoms with van der Waals surface area (Å²) in [6.45, 7) is 4.07. The lowest BCUT2D eigenvalue weighted by Gasteiger charge is -2.35. The van der Waals surface area contributed by atoms with Crippen molar-refractivity contribution in [3.8, 4) is 0 Å². The summed E-state index contributed by atoms with van der Waals surface area (Å²) in [7, 11) is -2.22. The van der Waals surface area contributed by atoms with Gasteiger partial charge in [0.1, 0.15) is 0 Å². The summed E-state index contributed by atoms with van der Waals surface area (Å²) in [4.78, 5) is 25.0. The molecule has 1 heterocycles. The van der Waals surface area contributed by atoms with E-state index < -0.39 is 21.9 Å². The summed E-state index contributed by atoms with van der Waals surface area (Å²) in [6.07, 6.45) is 0.954. The molecule has 0 bridgehead atoms. The predicted octanol–water partition coefficient (Wildman–Crippen LogP) is 1.65. The summed E-state index contributed by atoms with van der Waals surface area (Å²) >= 11 is 0. The highest BCUT2D eigenvalue weighted by Gasteiger charge is 2.37. The molecule has 1 aliphatic rings. The van der Waals surface area contributed by atoms with Crippen LogP contribution in [0, 0.1) is 5.92 Å². The van der Waals surface area contributed by atoms with E-state index in [4.69, 9.17) is 0 Å². The van der Waals surface area contributed by atoms with Gasteiger partial charge in [0.15, 0.2) is 0 Å². The standard InChI is InChI=1S/C17H24N2O5S/c1-4-18(3)16(20)13-6-5-7-15(10-13)25(23,24)19-11-14(17(21)22)9-8-12(19)2/h5-7,10,12,14H,4,8-9,11H2,1-3H3,(H,21,22). The largest absolute Gasteiger partial charge is 0.481 e. The molecular formula is C17H24N2O5S. The number of rotatable bonds is 5. The Morgan fingerprint density at radius 3 is 2.60 bits per heavy atom. The van der Waals surface area contributed by atoms with Gasteiger partial charge >= 0.3 is 5.97 Å². The second-order valence-corrected chi connectivity index (χ2v) is 8.27. The highest BCUT2D eigenvalue weighted by molar-refractivity contribution is 7.89. The molecule has 1 amide bonds. The minimum atomic E-state index is -3.87. The van der Waals surface area contributed by atoms with Gasteiger partial charge in [0, 0.05) is 31.7 Å². The number of hydrogen-bond acceptors (Lipinski definition) is 4. The SMILES string of the molecule is CCN(C)C(=O)c1cccc(S(=O)(=O)N2CC(C(=O)O)CCC2C)c1. The number of amides is 1. The first-order valence-electron chi connectivity index (χ1n) is 8.28. The fraction of sp³-hybridized carbons (Fsp3) is 0.529. The van der Waals surface area contributed by atoms with Crippen LogP contribution in [-0.2, 0) is 14.8 Å². The van der Waals surface area contributed by atoms with Crippen LogP contribution in [0.15, 0.2) is 29.2 Å². The van der Waals surface area contributed by atoms with Gasteiger partial charge in [-0.15, -0.1) is 0 Å². The number of carbonyl (C=O) groups is 2. The van der Waals surface area contributed by atoms with Crippen molar-refractivity contribution in [2.75, 3.05) is 20.1 Å². The van der Waals surface area contributed by atoms with Crippen LogP contribution in [0.4, 0.5) is 0 Å². The molecule has 2 unspecified atom stereocenters. The first kappa shape index (κ1) is 19.4. The number of carboxylic acid groups (broad SMARTS) is 1. The smallest absolute Gasteiger partial charge is 0.307 e. The molecule has 0 aromatic heterocycles. The van der Waals surface area contributed by atoms with Gasteiger partial charge in [-0.05, 0) is 44.9 Å². The van der Waals surface area contributed by atoms with Gasteiger partial charge < -0.3 is 10.0 Å². The van der Waals surface area contributed by atoms with E-state index in [9.17, 15) is 23.1 Å². The molecule has 1 fully saturated rings. The normalized spacial score (nSPS) is 21.7. The quantitative estimate of drug-likeness (QED) is 0.853. The van der Waals surface area contributed by atoms with Crippen molar-refractivity contribution in [3.05, 3.63) is 29.8 Å². The van der Waals surface area contributed by atoms with Gasteiger partial charge in [-0.25, -0.2) is 8.42 Å². The van der Waals surface area contributed by atoms with Crippen LogP contribution in [0.5, 0.6) is 0 Å². The van der Waals surface area contributed by atoms with Crippen LogP contribution in [0.3, 0.4) is 0 Å². The number of sulfonamides is 1. The zero-order chi connectivity index (χ0) is 18.8. The lowest BCUT2D eigenvalue weighted by molar-refractivity contribution is -0.143. The molecule has 1 aromatic carbocycles. The maximum Gasteiger partial charge on any atom is 0.307 e. The summed E-state index contributed by atoms with van der Waals surface area (Å²) in [5.41, 5.74) is 0.296. The van der Waals surface area contributed by atoms with Crippen LogP contribution in [0.1, 0.15) is 37.0 Å². The number of nitrogens with zero attached hydrogens (tertiary/aromatic N) is 2. The third kappa shape index (κ3) is 4.01. The Morgan fingerprint density at radius 1 is 1.32 bits per heavy atom. The molecule has 0 aliphatic carbocycles. The van der Waals surface area contributed by atoms with Crippen LogP contribution in [0.25, 0.3) is 0 Å². The molecular weight excluding hydrogens is 344 g/mol. The molecule has 1 aliphatic heterocycles. The molecule has 1 saturated heterocycles. The number of benzene rings is 1. The molecule has 1 aromatic rings. The average Bonchev–Trinajstić information content (AvgIpc) is 2.60. The van der Waals surface area contributed by atoms with E-state index in [1.165, 1.54) is 27.4 Å². The van der Waals surface area contributed by atoms with Crippen molar-refractivity contribution in [1.29, 1.82) is 0 Å². The van der Waals surface area contributed by atoms with Gasteiger partial charge in [0.25, 0.3) is 5.91 Å². The maximum atomic E-state index is 13.0. The summed E-state index contributed by atoms with van der Waals surface area (Å²) < 4.78 is 27.2. The van der Waals surface area contributed by atoms with Crippen LogP contribution in [-0.4, -0.2) is 60.8 Å². The van der Waals surface area contributed by atoms with Gasteiger partial charge in [-0.2, -0.15) is 4.31 Å². The zero-order valence-electron chi connectivity index (χ0n) is 14.7. The molecule has 0 radical (unpaired) electrons. The third-order valence-corrected chi connectivity index (χ3v) is 6.66. The van der Waals surface area contributed by atoms with Crippen LogP contribution >= 0.6 is 0 Å². The first-order valence-corrected chi connectivity index (χ1v) is 9.72. The van der Waals surface area contributed by atoms with Crippen molar-refractivity contribution in [2.45, 2.75) is 37.6 Å². The fourth-order valence-corrected chi connectivity index (χ4v) is 4.65. The minimum Gasteiger partial charge on any atom is -0.481 e. The molecule has 1 N–H and O–H groups in total. The van der Waals surface area contributed by atoms with Gasteiger partial charge in [0.05, 0.1) is 10.8 Å². The Labute approximate surface area is 148 Å². The second kappa shape index (κ2) is 7.53. The Balaban J connectivity index is 2.36. The number of carboxylic acids is 1. The Hall–Kier alpha value is -1.93. The summed E-state index contributed by atoms with van der Waals surface area (Å²) in [6, 6.07) is 5.63. The Morgan fingerprint density at radius 2 is 2.00 bits per heavy atom. The van der Waals surface area contributed by atoms with Crippen molar-refractivity contribution < 1.29 is 23.1 Å². The molecule has 7 nitrogen and oxygen atoms in total. The van der Waals surface area contributed by atoms with E-state index in [1.807, 2.05) is 6.92 Å². The summed E-state index contributed by atoms with van der Waals surface area (Å²) in [5.74, 6) is -1.95. The van der Waals surface area contributed by atoms with E-state index >= 15 is 0 Å². The average molecular weight is 368 g/mol. The maximum absolute atomic E-state index is 13.0. The number of carbonyl (C=O) groups excluding carboxylic acids is 1. The van der Waals surface area contributed by atoms with E-state index in [0.717, 1.165) is 0 Å². The highest BCUT2D eigenvalue weighted by Crippen LogP contribution is 2.28. The molecule has 0 spiro atoms. The van der Waals surface area contributed by atoms with Crippen molar-refractivity contribution in [2.24, 2.45) is 5.92 Å². The first-order chi connectivity index (χ1) is 11.7. The van der Waals surface area contributed by atoms with Gasteiger partial charge in [0.2, 0.25) is 10.0 Å². The zero-order valence-corrected chi connectivity index (χ0v) is 15.5. The number of hydrogen-bond donors (Lipinski definition) is 1. The molecule has 2 rings (SSSR count). The fourth-order valence-electron chi connectivity index (χ4n) is 2.90. The van der Waals surface area contributed by atoms with E-state index in [0.29, 0.717) is 24.9 Å². The number of piperidine rings is 1. The molecule has 8 heteroatoms. The highest BCUT2D eigenvalue weighted by atomic mass is 32.2. The lowest BCUT2D eigenvalue weighted by atomic mass is 9.96. The lowest BCUT2D eigenvalue weighted by Crippen LogP contribution is -2.47. The van der Waals surface area contributed by atoms with Crippen LogP contribution < -0.4 is 0 Å². The molecule has 138 valence electrons. The van der Waals surface area contributed by atoms with Gasteiger partial charge in [-0.1, -0.05) is 6.07 Å². The number of aliphatic carboxylic acids is 1. The van der Waals surface area contributed by atoms with E-state index in [1.54, 1.807) is 20.0 Å². The molecule has 25 heavy (non-hydrogen) atoms. The molecule has 0 saturated carbocycles. The van der Waals surface area contributed by atoms with E-state index in [-0.39, 0.29) is 23.4 Å². The predicted molar refractivity (Wildman–Crippen MR) is 92.8 cm³/mol. The minimum absolute atomic E-state index is 0.0146. The van der Waals surface area contributed by atoms with E-state index in [2.05, 4.69) is 0 Å². The second-order valence-electron chi connectivity index (χ2n) is 6.38. The van der Waals surface area contributed by atoms with Crippen molar-refractivity contribution in [1.82, 2.24) is 9.21 Å². The Bertz CT molecular complexity index is 762. The topological polar surface area (TPSA) is 95.0 Å². The van der Waals surface area contributed by atoms with Crippen molar-refractivity contribution in [3.63, 3.8) is 0 Å². The monoisotopic (exact) mass is 368 g/mol. The third-order valence-electron chi connectivity index (χ3n) is 4.68.